The normalized spacial score (nSPS) is 50.5. The van der Waals surface area contributed by atoms with E-state index in [1.165, 1.54) is 6.92 Å². The van der Waals surface area contributed by atoms with E-state index in [1.54, 1.807) is 6.92 Å². The molecular formula is C51H82O24. The Morgan fingerprint density at radius 3 is 1.85 bits per heavy atom. The van der Waals surface area contributed by atoms with Crippen LogP contribution in [-0.2, 0) is 52.2 Å². The zero-order valence-corrected chi connectivity index (χ0v) is 43.2. The van der Waals surface area contributed by atoms with Crippen LogP contribution in [0.1, 0.15) is 92.4 Å². The van der Waals surface area contributed by atoms with E-state index in [2.05, 4.69) is 19.9 Å². The van der Waals surface area contributed by atoms with Crippen LogP contribution in [0.15, 0.2) is 11.6 Å². The second-order valence-corrected chi connectivity index (χ2v) is 23.1. The van der Waals surface area contributed by atoms with Crippen molar-refractivity contribution in [3.8, 4) is 0 Å². The molecule has 8 aliphatic rings. The van der Waals surface area contributed by atoms with Crippen molar-refractivity contribution in [2.24, 2.45) is 40.4 Å². The summed E-state index contributed by atoms with van der Waals surface area (Å²) in [5, 5.41) is 136. The first-order valence-electron chi connectivity index (χ1n) is 26.7. The number of carbonyl (C=O) groups is 2. The van der Waals surface area contributed by atoms with Gasteiger partial charge in [-0.2, -0.15) is 0 Å². The molecule has 29 atom stereocenters. The van der Waals surface area contributed by atoms with Crippen molar-refractivity contribution in [2.75, 3.05) is 26.4 Å². The molecule has 13 N–H and O–H groups in total. The lowest BCUT2D eigenvalue weighted by atomic mass is 9.47. The summed E-state index contributed by atoms with van der Waals surface area (Å²) in [5.41, 5.74) is 0.428. The molecule has 0 aromatic heterocycles. The number of esters is 1. The van der Waals surface area contributed by atoms with E-state index in [9.17, 15) is 76.0 Å². The summed E-state index contributed by atoms with van der Waals surface area (Å²) in [5.74, 6) is -0.765. The molecule has 8 rings (SSSR count). The van der Waals surface area contributed by atoms with Crippen LogP contribution in [0.3, 0.4) is 0 Å². The van der Waals surface area contributed by atoms with Gasteiger partial charge in [0.1, 0.15) is 103 Å². The van der Waals surface area contributed by atoms with Crippen LogP contribution in [0.5, 0.6) is 0 Å². The molecule has 0 bridgehead atoms. The molecule has 4 aliphatic carbocycles. The first-order chi connectivity index (χ1) is 35.5. The maximum atomic E-state index is 13.5. The molecule has 24 nitrogen and oxygen atoms in total. The highest BCUT2D eigenvalue weighted by molar-refractivity contribution is 5.81. The van der Waals surface area contributed by atoms with Gasteiger partial charge in [0.15, 0.2) is 25.2 Å². The standard InChI is InChI=1S/C51H82O24/c1-20(19-67-46-41(64)39(62)35(58)29(16-52)71-46)6-9-32(56)70-28-15-27-25-8-7-23-14-24(10-12-50(23,4)26(25)11-13-51(27,5)33(28)21(2)55)69-49-45(75-48-43(66)40(63)36(59)30(17-53)72-48)44(37(60)31(18-54)73-49)74-47-42(65)38(61)34(57)22(3)68-47/h7,20,22,24-31,33-49,52-54,57-66H,6,8-19H2,1-5H3/t20-,22+,24+,25-,26+,27+,28+,29-,30-,31-,33+,34+,35-,36-,37-,38-,39+,40+,41-,42-,43-,44+,45-,46-,47+,48+,49-,50+,51+/m1/s1. The number of fused-ring (bicyclic) bond motifs is 5. The number of aliphatic hydroxyl groups is 13. The maximum Gasteiger partial charge on any atom is 0.306 e. The van der Waals surface area contributed by atoms with E-state index in [0.717, 1.165) is 18.4 Å². The quantitative estimate of drug-likeness (QED) is 0.0503. The number of hydrogen-bond acceptors (Lipinski definition) is 24. The fourth-order valence-corrected chi connectivity index (χ4v) is 14.0. The average molecular weight is 1080 g/mol. The molecule has 0 spiro atoms. The Hall–Kier alpha value is -1.96. The summed E-state index contributed by atoms with van der Waals surface area (Å²) in [6.07, 6.45) is -25.4. The minimum Gasteiger partial charge on any atom is -0.462 e. The fourth-order valence-electron chi connectivity index (χ4n) is 14.0. The lowest BCUT2D eigenvalue weighted by molar-refractivity contribution is -0.394. The van der Waals surface area contributed by atoms with Gasteiger partial charge in [-0.3, -0.25) is 9.59 Å². The summed E-state index contributed by atoms with van der Waals surface area (Å²) in [7, 11) is 0. The summed E-state index contributed by atoms with van der Waals surface area (Å²) >= 11 is 0. The van der Waals surface area contributed by atoms with Crippen molar-refractivity contribution < 1.29 is 119 Å². The summed E-state index contributed by atoms with van der Waals surface area (Å²) in [6, 6.07) is 0. The van der Waals surface area contributed by atoms with E-state index in [0.29, 0.717) is 38.5 Å². The van der Waals surface area contributed by atoms with Crippen molar-refractivity contribution in [3.05, 3.63) is 11.6 Å². The van der Waals surface area contributed by atoms with Crippen molar-refractivity contribution in [3.63, 3.8) is 0 Å². The molecule has 0 radical (unpaired) electrons. The Morgan fingerprint density at radius 2 is 1.23 bits per heavy atom. The summed E-state index contributed by atoms with van der Waals surface area (Å²) in [6.45, 7) is 7.15. The summed E-state index contributed by atoms with van der Waals surface area (Å²) in [4.78, 5) is 27.1. The van der Waals surface area contributed by atoms with E-state index in [4.69, 9.17) is 42.6 Å². The zero-order chi connectivity index (χ0) is 54.6. The maximum absolute atomic E-state index is 13.5. The molecule has 430 valence electrons. The number of hydrogen-bond donors (Lipinski definition) is 13. The number of allylic oxidation sites excluding steroid dienone is 1. The van der Waals surface area contributed by atoms with Crippen LogP contribution in [-0.4, -0.2) is 240 Å². The van der Waals surface area contributed by atoms with Crippen molar-refractivity contribution in [1.82, 2.24) is 0 Å². The molecule has 0 amide bonds. The van der Waals surface area contributed by atoms with Crippen LogP contribution < -0.4 is 0 Å². The number of Topliss-reactive ketones (excluding diaryl/α,β-unsaturated/α-hetero) is 1. The van der Waals surface area contributed by atoms with Crippen LogP contribution in [0.4, 0.5) is 0 Å². The van der Waals surface area contributed by atoms with Gasteiger partial charge in [-0.15, -0.1) is 0 Å². The molecule has 7 fully saturated rings. The minimum absolute atomic E-state index is 0.0368. The third-order valence-electron chi connectivity index (χ3n) is 18.4. The van der Waals surface area contributed by atoms with Crippen LogP contribution in [0.25, 0.3) is 0 Å². The minimum atomic E-state index is -1.90. The highest BCUT2D eigenvalue weighted by Crippen LogP contribution is 2.67. The Morgan fingerprint density at radius 1 is 0.667 bits per heavy atom. The van der Waals surface area contributed by atoms with E-state index < -0.39 is 172 Å². The highest BCUT2D eigenvalue weighted by atomic mass is 16.8. The molecule has 0 unspecified atom stereocenters. The number of ketones is 1. The van der Waals surface area contributed by atoms with Gasteiger partial charge in [0, 0.05) is 6.42 Å². The molecule has 0 aromatic carbocycles. The first-order valence-corrected chi connectivity index (χ1v) is 26.7. The van der Waals surface area contributed by atoms with Gasteiger partial charge in [-0.1, -0.05) is 32.4 Å². The number of aliphatic hydroxyl groups excluding tert-OH is 13. The van der Waals surface area contributed by atoms with Gasteiger partial charge in [-0.05, 0) is 99.7 Å². The number of carbonyl (C=O) groups excluding carboxylic acids is 2. The molecule has 24 heteroatoms. The van der Waals surface area contributed by atoms with Crippen LogP contribution in [0, 0.1) is 40.4 Å². The molecule has 4 heterocycles. The van der Waals surface area contributed by atoms with Gasteiger partial charge in [0.25, 0.3) is 0 Å². The predicted octanol–water partition coefficient (Wildman–Crippen LogP) is -3.23. The van der Waals surface area contributed by atoms with Gasteiger partial charge in [-0.25, -0.2) is 0 Å². The van der Waals surface area contributed by atoms with Crippen molar-refractivity contribution in [2.45, 2.75) is 227 Å². The zero-order valence-electron chi connectivity index (χ0n) is 43.2. The average Bonchev–Trinajstić information content (AvgIpc) is 3.72. The van der Waals surface area contributed by atoms with E-state index >= 15 is 0 Å². The highest BCUT2D eigenvalue weighted by Gasteiger charge is 2.64. The molecule has 3 saturated carbocycles. The second-order valence-electron chi connectivity index (χ2n) is 23.1. The largest absolute Gasteiger partial charge is 0.462 e. The molecule has 4 aliphatic heterocycles. The lowest BCUT2D eigenvalue weighted by Crippen LogP contribution is -2.67. The fraction of sp³-hybridized carbons (Fsp3) is 0.922. The number of rotatable bonds is 17. The Kier molecular flexibility index (Phi) is 18.9. The topological polar surface area (TPSA) is 380 Å². The second kappa shape index (κ2) is 24.0. The molecule has 0 aromatic rings. The van der Waals surface area contributed by atoms with Gasteiger partial charge < -0.3 is 109 Å². The summed E-state index contributed by atoms with van der Waals surface area (Å²) < 4.78 is 53.9. The SMILES string of the molecule is CC(=O)[C@H]1[C@@H](OC(=O)CC[C@@H](C)CO[C@@H]2O[C@H](CO)[C@@H](O)[C@H](O)[C@H]2O)C[C@H]2[C@@H]3CC=C4C[C@@H](O[C@@H]5O[C@H](CO)[C@@H](O)[C@H](O[C@@H]6O[C@@H](C)[C@H](O)[C@@H](O)[C@H]6O)[C@H]5O[C@@H]5O[C@H](CO)[C@@H](O)[C@H](O)[C@H]5O)CC[C@]4(C)[C@H]3CC[C@@]21C. The van der Waals surface area contributed by atoms with Crippen molar-refractivity contribution in [1.29, 1.82) is 0 Å². The van der Waals surface area contributed by atoms with Crippen molar-refractivity contribution >= 4 is 11.8 Å². The lowest BCUT2D eigenvalue weighted by Gasteiger charge is -2.58. The van der Waals surface area contributed by atoms with Gasteiger partial charge in [0.05, 0.1) is 44.6 Å². The van der Waals surface area contributed by atoms with Gasteiger partial charge in [0.2, 0.25) is 0 Å². The molecular weight excluding hydrogens is 997 g/mol. The first kappa shape index (κ1) is 59.2. The molecule has 4 saturated heterocycles. The van der Waals surface area contributed by atoms with Crippen LogP contribution in [0.2, 0.25) is 0 Å². The Bertz CT molecular complexity index is 1960. The van der Waals surface area contributed by atoms with Crippen LogP contribution >= 0.6 is 0 Å². The smallest absolute Gasteiger partial charge is 0.306 e. The Labute approximate surface area is 435 Å². The van der Waals surface area contributed by atoms with E-state index in [1.807, 2.05) is 6.92 Å². The molecule has 75 heavy (non-hydrogen) atoms. The monoisotopic (exact) mass is 1080 g/mol. The predicted molar refractivity (Wildman–Crippen MR) is 252 cm³/mol. The third-order valence-corrected chi connectivity index (χ3v) is 18.4. The van der Waals surface area contributed by atoms with E-state index in [-0.39, 0.29) is 47.9 Å². The third kappa shape index (κ3) is 11.5. The Balaban J connectivity index is 0.944. The number of ether oxygens (including phenoxy) is 9. The van der Waals surface area contributed by atoms with Gasteiger partial charge >= 0.3 is 5.97 Å².